The molecule has 11 heteroatoms. The van der Waals surface area contributed by atoms with E-state index >= 15 is 0 Å². The van der Waals surface area contributed by atoms with Crippen LogP contribution in [0.15, 0.2) is 18.2 Å². The van der Waals surface area contributed by atoms with E-state index in [4.69, 9.17) is 10.8 Å². The lowest BCUT2D eigenvalue weighted by Crippen LogP contribution is -2.42. The van der Waals surface area contributed by atoms with Crippen molar-refractivity contribution in [2.75, 3.05) is 18.4 Å². The fourth-order valence-electron chi connectivity index (χ4n) is 3.18. The number of carbonyl (C=O) groups is 3. The van der Waals surface area contributed by atoms with Crippen molar-refractivity contribution in [1.29, 1.82) is 0 Å². The Morgan fingerprint density at radius 1 is 1.42 bits per heavy atom. The number of halogens is 2. The van der Waals surface area contributed by atoms with Crippen LogP contribution in [-0.2, 0) is 11.2 Å². The minimum atomic E-state index is -1.27. The average Bonchev–Trinajstić information content (AvgIpc) is 2.98. The largest absolute Gasteiger partial charge is 0.480 e. The van der Waals surface area contributed by atoms with Crippen molar-refractivity contribution in [3.8, 4) is 0 Å². The van der Waals surface area contributed by atoms with Gasteiger partial charge in [0.05, 0.1) is 16.1 Å². The number of rotatable bonds is 6. The van der Waals surface area contributed by atoms with Crippen LogP contribution in [0.25, 0.3) is 0 Å². The summed E-state index contributed by atoms with van der Waals surface area (Å²) in [5.41, 5.74) is 6.08. The van der Waals surface area contributed by atoms with Crippen LogP contribution in [-0.4, -0.2) is 42.0 Å². The van der Waals surface area contributed by atoms with Gasteiger partial charge in [-0.15, -0.1) is 11.3 Å². The minimum Gasteiger partial charge on any atom is -0.480 e. The van der Waals surface area contributed by atoms with Crippen molar-refractivity contribution < 1.29 is 23.9 Å². The molecule has 1 aromatic carbocycles. The third-order valence-electron chi connectivity index (χ3n) is 4.80. The Labute approximate surface area is 195 Å². The van der Waals surface area contributed by atoms with Crippen molar-refractivity contribution in [2.45, 2.75) is 26.3 Å². The number of carboxylic acids is 1. The Balaban J connectivity index is 2.05. The smallest absolute Gasteiger partial charge is 0.322 e. The van der Waals surface area contributed by atoms with E-state index in [9.17, 15) is 18.8 Å². The second kappa shape index (κ2) is 9.09. The van der Waals surface area contributed by atoms with Crippen molar-refractivity contribution in [3.05, 3.63) is 43.6 Å². The number of fused-ring (bicyclic) bond motifs is 1. The molecule has 1 aliphatic rings. The van der Waals surface area contributed by atoms with Gasteiger partial charge in [0.25, 0.3) is 11.8 Å². The van der Waals surface area contributed by atoms with Gasteiger partial charge in [-0.25, -0.2) is 4.39 Å². The van der Waals surface area contributed by atoms with E-state index in [0.717, 1.165) is 11.3 Å². The summed E-state index contributed by atoms with van der Waals surface area (Å²) < 4.78 is 15.1. The maximum atomic E-state index is 14.4. The highest BCUT2D eigenvalue weighted by atomic mass is 127. The zero-order chi connectivity index (χ0) is 22.9. The normalized spacial score (nSPS) is 16.0. The van der Waals surface area contributed by atoms with Crippen LogP contribution in [0.4, 0.5) is 15.1 Å². The van der Waals surface area contributed by atoms with Crippen LogP contribution in [0.3, 0.4) is 0 Å². The summed E-state index contributed by atoms with van der Waals surface area (Å²) in [6.45, 7) is 4.08. The van der Waals surface area contributed by atoms with Crippen LogP contribution < -0.4 is 21.7 Å². The van der Waals surface area contributed by atoms with Gasteiger partial charge in [-0.05, 0) is 58.2 Å². The van der Waals surface area contributed by atoms with E-state index in [1.54, 1.807) is 12.1 Å². The standard InChI is InChI=1S/C20H22FIN4O4S/c1-20(2)6-10-14(16(27)24-7-12(23)19(29)30)18(31-15(10)17(28)25-8-20)26-13-4-3-9(22)5-11(13)21/h3-5,12,26H,6-8,23H2,1-2H3,(H,24,27)(H,25,28)(H,29,30). The number of nitrogens with one attached hydrogen (secondary N) is 3. The van der Waals surface area contributed by atoms with Crippen LogP contribution in [0.1, 0.15) is 39.4 Å². The molecule has 31 heavy (non-hydrogen) atoms. The van der Waals surface area contributed by atoms with Crippen molar-refractivity contribution >= 4 is 62.4 Å². The number of anilines is 2. The van der Waals surface area contributed by atoms with Gasteiger partial charge in [-0.2, -0.15) is 0 Å². The summed E-state index contributed by atoms with van der Waals surface area (Å²) in [6.07, 6.45) is 0.433. The number of thiophene rings is 1. The quantitative estimate of drug-likeness (QED) is 0.345. The summed E-state index contributed by atoms with van der Waals surface area (Å²) >= 11 is 3.05. The van der Waals surface area contributed by atoms with Gasteiger partial charge < -0.3 is 26.8 Å². The molecule has 0 saturated carbocycles. The molecular formula is C20H22FIN4O4S. The molecule has 0 saturated heterocycles. The van der Waals surface area contributed by atoms with Crippen molar-refractivity contribution in [1.82, 2.24) is 10.6 Å². The molecular weight excluding hydrogens is 538 g/mol. The SMILES string of the molecule is CC1(C)CNC(=O)c2sc(Nc3ccc(I)cc3F)c(C(=O)NCC(N)C(=O)O)c2C1. The fourth-order valence-corrected chi connectivity index (χ4v) is 4.78. The molecule has 2 heterocycles. The number of carbonyl (C=O) groups excluding carboxylic acids is 2. The molecule has 166 valence electrons. The Kier molecular flexibility index (Phi) is 6.86. The number of carboxylic acid groups (broad SMARTS) is 1. The van der Waals surface area contributed by atoms with Gasteiger partial charge >= 0.3 is 5.97 Å². The third kappa shape index (κ3) is 5.33. The van der Waals surface area contributed by atoms with E-state index < -0.39 is 23.7 Å². The Morgan fingerprint density at radius 3 is 2.77 bits per heavy atom. The first-order chi connectivity index (χ1) is 14.5. The molecule has 6 N–H and O–H groups in total. The summed E-state index contributed by atoms with van der Waals surface area (Å²) in [7, 11) is 0. The topological polar surface area (TPSA) is 134 Å². The van der Waals surface area contributed by atoms with Gasteiger partial charge in [-0.1, -0.05) is 13.8 Å². The van der Waals surface area contributed by atoms with Gasteiger partial charge in [0, 0.05) is 16.7 Å². The number of amides is 2. The number of benzene rings is 1. The number of hydrogen-bond donors (Lipinski definition) is 5. The van der Waals surface area contributed by atoms with Gasteiger partial charge in [0.15, 0.2) is 0 Å². The lowest BCUT2D eigenvalue weighted by molar-refractivity contribution is -0.138. The number of nitrogens with two attached hydrogens (primary N) is 1. The number of aliphatic carboxylic acids is 1. The molecule has 1 aromatic heterocycles. The highest BCUT2D eigenvalue weighted by Gasteiger charge is 2.34. The lowest BCUT2D eigenvalue weighted by atomic mass is 9.85. The molecule has 1 aliphatic heterocycles. The lowest BCUT2D eigenvalue weighted by Gasteiger charge is -2.22. The first-order valence-electron chi connectivity index (χ1n) is 9.41. The summed E-state index contributed by atoms with van der Waals surface area (Å²) in [5.74, 6) is -2.63. The van der Waals surface area contributed by atoms with Crippen LogP contribution >= 0.6 is 33.9 Å². The van der Waals surface area contributed by atoms with E-state index in [1.165, 1.54) is 6.07 Å². The van der Waals surface area contributed by atoms with Crippen LogP contribution in [0.5, 0.6) is 0 Å². The van der Waals surface area contributed by atoms with E-state index in [2.05, 4.69) is 16.0 Å². The molecule has 0 aliphatic carbocycles. The molecule has 8 nitrogen and oxygen atoms in total. The first-order valence-corrected chi connectivity index (χ1v) is 11.3. The van der Waals surface area contributed by atoms with Crippen LogP contribution in [0.2, 0.25) is 0 Å². The van der Waals surface area contributed by atoms with E-state index in [1.807, 2.05) is 36.4 Å². The fraction of sp³-hybridized carbons (Fsp3) is 0.350. The average molecular weight is 560 g/mol. The molecule has 0 fully saturated rings. The minimum absolute atomic E-state index is 0.160. The molecule has 0 spiro atoms. The van der Waals surface area contributed by atoms with Crippen LogP contribution in [0, 0.1) is 14.8 Å². The molecule has 1 atom stereocenters. The number of hydrogen-bond acceptors (Lipinski definition) is 6. The Bertz CT molecular complexity index is 1060. The van der Waals surface area contributed by atoms with E-state index in [-0.39, 0.29) is 29.1 Å². The zero-order valence-electron chi connectivity index (χ0n) is 16.8. The highest BCUT2D eigenvalue weighted by Crippen LogP contribution is 2.40. The summed E-state index contributed by atoms with van der Waals surface area (Å²) in [4.78, 5) is 37.1. The first kappa shape index (κ1) is 23.4. The van der Waals surface area contributed by atoms with Gasteiger partial charge in [0.2, 0.25) is 0 Å². The molecule has 2 aromatic rings. The highest BCUT2D eigenvalue weighted by molar-refractivity contribution is 14.1. The summed E-state index contributed by atoms with van der Waals surface area (Å²) in [5, 5.41) is 17.6. The predicted molar refractivity (Wildman–Crippen MR) is 124 cm³/mol. The maximum Gasteiger partial charge on any atom is 0.322 e. The van der Waals surface area contributed by atoms with Crippen molar-refractivity contribution in [2.24, 2.45) is 11.1 Å². The van der Waals surface area contributed by atoms with Gasteiger partial charge in [0.1, 0.15) is 16.9 Å². The predicted octanol–water partition coefficient (Wildman–Crippen LogP) is 2.69. The van der Waals surface area contributed by atoms with E-state index in [0.29, 0.717) is 32.0 Å². The second-order valence-electron chi connectivity index (χ2n) is 8.04. The molecule has 2 amide bonds. The molecule has 0 bridgehead atoms. The Hall–Kier alpha value is -2.25. The zero-order valence-corrected chi connectivity index (χ0v) is 19.8. The molecule has 1 unspecified atom stereocenters. The third-order valence-corrected chi connectivity index (χ3v) is 6.62. The second-order valence-corrected chi connectivity index (χ2v) is 10.3. The molecule has 0 radical (unpaired) electrons. The van der Waals surface area contributed by atoms with Crippen molar-refractivity contribution in [3.63, 3.8) is 0 Å². The molecule has 3 rings (SSSR count). The van der Waals surface area contributed by atoms with Gasteiger partial charge in [-0.3, -0.25) is 14.4 Å². The maximum absolute atomic E-state index is 14.4. The monoisotopic (exact) mass is 560 g/mol. The summed E-state index contributed by atoms with van der Waals surface area (Å²) in [6, 6.07) is 3.34. The Morgan fingerprint density at radius 2 is 2.13 bits per heavy atom.